The molecule has 0 fully saturated rings. The van der Waals surface area contributed by atoms with E-state index in [4.69, 9.17) is 9.47 Å². The molecule has 0 unspecified atom stereocenters. The van der Waals surface area contributed by atoms with Crippen molar-refractivity contribution in [1.29, 1.82) is 0 Å². The fraction of sp³-hybridized carbons (Fsp3) is 0.333. The maximum Gasteiger partial charge on any atom is 0.258 e. The van der Waals surface area contributed by atoms with Gasteiger partial charge in [-0.3, -0.25) is 19.2 Å². The summed E-state index contributed by atoms with van der Waals surface area (Å²) in [6, 6.07) is 24.3. The highest BCUT2D eigenvalue weighted by atomic mass is 19.1. The average molecular weight is 821 g/mol. The molecule has 4 aromatic rings. The van der Waals surface area contributed by atoms with E-state index in [-0.39, 0.29) is 59.6 Å². The lowest BCUT2D eigenvalue weighted by atomic mass is 10.0. The van der Waals surface area contributed by atoms with E-state index in [1.165, 1.54) is 34.1 Å². The van der Waals surface area contributed by atoms with Crippen LogP contribution in [0, 0.1) is 11.6 Å². The minimum atomic E-state index is -0.696. The number of para-hydroxylation sites is 2. The van der Waals surface area contributed by atoms with Crippen molar-refractivity contribution in [2.75, 3.05) is 14.1 Å². The van der Waals surface area contributed by atoms with Crippen LogP contribution < -0.4 is 20.1 Å². The summed E-state index contributed by atoms with van der Waals surface area (Å²) in [7, 11) is 3.21. The normalized spacial score (nSPS) is 24.3. The molecule has 0 spiro atoms. The molecule has 0 saturated heterocycles. The molecule has 2 heterocycles. The molecule has 0 aromatic heterocycles. The van der Waals surface area contributed by atoms with Crippen molar-refractivity contribution >= 4 is 23.6 Å². The molecule has 0 saturated carbocycles. The van der Waals surface area contributed by atoms with Gasteiger partial charge in [0.25, 0.3) is 11.8 Å². The zero-order valence-corrected chi connectivity index (χ0v) is 34.9. The Hall–Kier alpha value is -6.30. The number of nitrogens with zero attached hydrogens (tertiary/aromatic N) is 2. The molecule has 2 N–H and O–H groups in total. The maximum absolute atomic E-state index is 13.3. The van der Waals surface area contributed by atoms with Crippen molar-refractivity contribution in [2.45, 2.75) is 89.8 Å². The topological polar surface area (TPSA) is 117 Å². The maximum atomic E-state index is 13.3. The SMILES string of the molecule is C[C@@H]1C/C=C/C[C@@H](c2ccc(F)cc2)NC(=O)[C@H](C)N(C)C(=O)c2ccccc2O1.C[C@@H]1C/C=C\C[C@@H](c2ccc(F)cc2)NC(=O)[C@H](C)N(C)C(=O)c2ccccc2O1. The lowest BCUT2D eigenvalue weighted by Crippen LogP contribution is -2.47. The number of rotatable bonds is 2. The van der Waals surface area contributed by atoms with E-state index < -0.39 is 12.1 Å². The first-order chi connectivity index (χ1) is 28.7. The molecular formula is C48H54F2N4O6. The molecule has 0 bridgehead atoms. The highest BCUT2D eigenvalue weighted by Crippen LogP contribution is 2.26. The van der Waals surface area contributed by atoms with Crippen LogP contribution in [0.2, 0.25) is 0 Å². The average Bonchev–Trinajstić information content (AvgIpc) is 3.24. The van der Waals surface area contributed by atoms with Crippen molar-refractivity contribution in [3.63, 3.8) is 0 Å². The zero-order valence-electron chi connectivity index (χ0n) is 34.9. The third kappa shape index (κ3) is 11.9. The summed E-state index contributed by atoms with van der Waals surface area (Å²) in [6.07, 6.45) is 10.1. The van der Waals surface area contributed by atoms with E-state index in [0.717, 1.165) is 11.1 Å². The molecule has 2 aliphatic heterocycles. The van der Waals surface area contributed by atoms with Crippen molar-refractivity contribution in [3.05, 3.63) is 155 Å². The Morgan fingerprint density at radius 1 is 0.500 bits per heavy atom. The van der Waals surface area contributed by atoms with E-state index in [9.17, 15) is 28.0 Å². The Balaban J connectivity index is 0.000000228. The van der Waals surface area contributed by atoms with Gasteiger partial charge in [0.1, 0.15) is 35.2 Å². The molecule has 60 heavy (non-hydrogen) atoms. The van der Waals surface area contributed by atoms with Crippen LogP contribution in [0.3, 0.4) is 0 Å². The predicted molar refractivity (Wildman–Crippen MR) is 227 cm³/mol. The highest BCUT2D eigenvalue weighted by Gasteiger charge is 2.29. The van der Waals surface area contributed by atoms with Gasteiger partial charge in [-0.1, -0.05) is 72.8 Å². The van der Waals surface area contributed by atoms with E-state index >= 15 is 0 Å². The summed E-state index contributed by atoms with van der Waals surface area (Å²) in [5, 5.41) is 6.01. The van der Waals surface area contributed by atoms with Crippen molar-refractivity contribution in [2.24, 2.45) is 0 Å². The summed E-state index contributed by atoms with van der Waals surface area (Å²) >= 11 is 0. The van der Waals surface area contributed by atoms with Gasteiger partial charge in [0.05, 0.1) is 35.4 Å². The third-order valence-electron chi connectivity index (χ3n) is 10.6. The van der Waals surface area contributed by atoms with Gasteiger partial charge in [-0.2, -0.15) is 0 Å². The summed E-state index contributed by atoms with van der Waals surface area (Å²) in [5.41, 5.74) is 2.44. The summed E-state index contributed by atoms with van der Waals surface area (Å²) in [6.45, 7) is 7.26. The van der Waals surface area contributed by atoms with Gasteiger partial charge in [0.2, 0.25) is 11.8 Å². The number of likely N-dealkylation sites (N-methyl/N-ethyl adjacent to an activating group) is 2. The second-order valence-electron chi connectivity index (χ2n) is 15.1. The molecule has 6 rings (SSSR count). The number of benzene rings is 4. The molecule has 10 nitrogen and oxygen atoms in total. The highest BCUT2D eigenvalue weighted by molar-refractivity contribution is 6.00. The molecule has 12 heteroatoms. The molecule has 4 amide bonds. The quantitative estimate of drug-likeness (QED) is 0.196. The number of amides is 4. The van der Waals surface area contributed by atoms with Crippen LogP contribution >= 0.6 is 0 Å². The smallest absolute Gasteiger partial charge is 0.258 e. The molecule has 2 aliphatic rings. The molecule has 0 aliphatic carbocycles. The van der Waals surface area contributed by atoms with Crippen LogP contribution in [0.4, 0.5) is 8.78 Å². The first-order valence-corrected chi connectivity index (χ1v) is 20.2. The van der Waals surface area contributed by atoms with Gasteiger partial charge in [-0.05, 0) is 100 Å². The van der Waals surface area contributed by atoms with Gasteiger partial charge < -0.3 is 29.9 Å². The minimum Gasteiger partial charge on any atom is -0.490 e. The standard InChI is InChI=1S/2C24H27FN2O3/c2*1-16-8-4-6-10-21(18-12-14-19(25)15-13-18)26-23(28)17(2)27(3)24(29)20-9-5-7-11-22(20)30-16/h2*4-7,9,11-17,21H,8,10H2,1-3H3,(H,26,28)/b6-4+;6-4-/t2*16-,17+,21+/m11/s1. The van der Waals surface area contributed by atoms with Crippen molar-refractivity contribution in [1.82, 2.24) is 20.4 Å². The Morgan fingerprint density at radius 3 is 1.20 bits per heavy atom. The fourth-order valence-electron chi connectivity index (χ4n) is 6.68. The number of hydrogen-bond donors (Lipinski definition) is 2. The van der Waals surface area contributed by atoms with Crippen molar-refractivity contribution in [3.8, 4) is 11.5 Å². The summed E-state index contributed by atoms with van der Waals surface area (Å²) < 4.78 is 38.7. The second-order valence-corrected chi connectivity index (χ2v) is 15.1. The van der Waals surface area contributed by atoms with Gasteiger partial charge >= 0.3 is 0 Å². The summed E-state index contributed by atoms with van der Waals surface area (Å²) in [5.74, 6) is -0.782. The van der Waals surface area contributed by atoms with E-state index in [1.54, 1.807) is 88.6 Å². The number of carbonyl (C=O) groups excluding carboxylic acids is 4. The van der Waals surface area contributed by atoms with E-state index in [2.05, 4.69) is 10.6 Å². The molecule has 4 aromatic carbocycles. The van der Waals surface area contributed by atoms with E-state index in [0.29, 0.717) is 48.3 Å². The Bertz CT molecular complexity index is 2010. The van der Waals surface area contributed by atoms with Crippen LogP contribution in [0.5, 0.6) is 11.5 Å². The van der Waals surface area contributed by atoms with Gasteiger partial charge in [-0.25, -0.2) is 8.78 Å². The molecule has 0 radical (unpaired) electrons. The molecule has 6 atom stereocenters. The van der Waals surface area contributed by atoms with Crippen LogP contribution in [-0.4, -0.2) is 71.8 Å². The monoisotopic (exact) mass is 820 g/mol. The molecular weight excluding hydrogens is 767 g/mol. The first kappa shape index (κ1) is 44.8. The fourth-order valence-corrected chi connectivity index (χ4v) is 6.68. The first-order valence-electron chi connectivity index (χ1n) is 20.2. The van der Waals surface area contributed by atoms with Crippen LogP contribution in [0.25, 0.3) is 0 Å². The number of halogens is 2. The predicted octanol–water partition coefficient (Wildman–Crippen LogP) is 8.52. The Labute approximate surface area is 351 Å². The van der Waals surface area contributed by atoms with Crippen LogP contribution in [-0.2, 0) is 9.59 Å². The Kier molecular flexibility index (Phi) is 15.8. The van der Waals surface area contributed by atoms with Crippen LogP contribution in [0.1, 0.15) is 97.3 Å². The minimum absolute atomic E-state index is 0.125. The number of hydrogen-bond acceptors (Lipinski definition) is 6. The lowest BCUT2D eigenvalue weighted by Gasteiger charge is -2.28. The van der Waals surface area contributed by atoms with Gasteiger partial charge in [0.15, 0.2) is 0 Å². The van der Waals surface area contributed by atoms with E-state index in [1.807, 2.05) is 50.3 Å². The zero-order chi connectivity index (χ0) is 43.3. The second kappa shape index (κ2) is 21.1. The number of fused-ring (bicyclic) bond motifs is 2. The number of nitrogens with one attached hydrogen (secondary N) is 2. The van der Waals surface area contributed by atoms with Gasteiger partial charge in [0, 0.05) is 26.9 Å². The molecule has 316 valence electrons. The number of ether oxygens (including phenoxy) is 2. The Morgan fingerprint density at radius 2 is 0.833 bits per heavy atom. The van der Waals surface area contributed by atoms with Crippen LogP contribution in [0.15, 0.2) is 121 Å². The van der Waals surface area contributed by atoms with Gasteiger partial charge in [-0.15, -0.1) is 0 Å². The number of carbonyl (C=O) groups is 4. The lowest BCUT2D eigenvalue weighted by molar-refractivity contribution is -0.126. The summed E-state index contributed by atoms with van der Waals surface area (Å²) in [4.78, 5) is 54.8. The largest absolute Gasteiger partial charge is 0.490 e. The van der Waals surface area contributed by atoms with Crippen molar-refractivity contribution < 1.29 is 37.4 Å². The third-order valence-corrected chi connectivity index (χ3v) is 10.6.